The van der Waals surface area contributed by atoms with E-state index in [1.807, 2.05) is 29.0 Å². The Balaban J connectivity index is 1.69. The highest BCUT2D eigenvalue weighted by molar-refractivity contribution is 5.94. The molecule has 2 aliphatic rings. The molecular formula is C21H26N2O3. The smallest absolute Gasteiger partial charge is 0.253 e. The number of carbonyl (C=O) groups is 2. The van der Waals surface area contributed by atoms with E-state index in [1.165, 1.54) is 0 Å². The average molecular weight is 354 g/mol. The quantitative estimate of drug-likeness (QED) is 0.785. The van der Waals surface area contributed by atoms with Crippen LogP contribution in [0.3, 0.4) is 0 Å². The Labute approximate surface area is 155 Å². The summed E-state index contributed by atoms with van der Waals surface area (Å²) in [5.74, 6) is 5.90. The highest BCUT2D eigenvalue weighted by Gasteiger charge is 2.45. The molecule has 0 aliphatic carbocycles. The molecule has 26 heavy (non-hydrogen) atoms. The standard InChI is InChI=1S/C21H26N2O3/c1-20(2,26)9-7-16-5-4-6-17(15-16)19(25)23-13-11-21(12-14-23)10-8-18(24)22(21)3/h4-6,15,26H,8,10-14H2,1-3H3. The Bertz CT molecular complexity index is 774. The van der Waals surface area contributed by atoms with Crippen LogP contribution in [-0.2, 0) is 4.79 Å². The number of likely N-dealkylation sites (tertiary alicyclic amines) is 2. The van der Waals surface area contributed by atoms with Gasteiger partial charge in [-0.2, -0.15) is 0 Å². The first-order chi connectivity index (χ1) is 12.2. The maximum atomic E-state index is 12.9. The predicted molar refractivity (Wildman–Crippen MR) is 99.5 cm³/mol. The van der Waals surface area contributed by atoms with E-state index >= 15 is 0 Å². The van der Waals surface area contributed by atoms with Gasteiger partial charge in [-0.3, -0.25) is 9.59 Å². The van der Waals surface area contributed by atoms with E-state index in [2.05, 4.69) is 11.8 Å². The van der Waals surface area contributed by atoms with E-state index in [1.54, 1.807) is 26.0 Å². The third-order valence-corrected chi connectivity index (χ3v) is 5.49. The molecule has 1 aromatic rings. The van der Waals surface area contributed by atoms with Crippen molar-refractivity contribution in [1.29, 1.82) is 0 Å². The summed E-state index contributed by atoms with van der Waals surface area (Å²) >= 11 is 0. The molecular weight excluding hydrogens is 328 g/mol. The first kappa shape index (κ1) is 18.5. The lowest BCUT2D eigenvalue weighted by Crippen LogP contribution is -2.52. The summed E-state index contributed by atoms with van der Waals surface area (Å²) in [5, 5.41) is 9.73. The molecule has 0 bridgehead atoms. The van der Waals surface area contributed by atoms with Gasteiger partial charge in [0.1, 0.15) is 5.60 Å². The van der Waals surface area contributed by atoms with Crippen LogP contribution in [0.1, 0.15) is 55.5 Å². The Morgan fingerprint density at radius 2 is 1.92 bits per heavy atom. The molecule has 2 heterocycles. The second-order valence-electron chi connectivity index (χ2n) is 7.86. The van der Waals surface area contributed by atoms with Gasteiger partial charge < -0.3 is 14.9 Å². The van der Waals surface area contributed by atoms with Gasteiger partial charge >= 0.3 is 0 Å². The van der Waals surface area contributed by atoms with Crippen LogP contribution in [0.15, 0.2) is 24.3 Å². The SMILES string of the molecule is CN1C(=O)CCC12CCN(C(=O)c1cccc(C#CC(C)(C)O)c1)CC2. The Hall–Kier alpha value is -2.32. The van der Waals surface area contributed by atoms with Crippen molar-refractivity contribution in [1.82, 2.24) is 9.80 Å². The van der Waals surface area contributed by atoms with Crippen molar-refractivity contribution in [2.45, 2.75) is 50.7 Å². The second kappa shape index (κ2) is 6.77. The lowest BCUT2D eigenvalue weighted by atomic mass is 9.85. The van der Waals surface area contributed by atoms with E-state index in [4.69, 9.17) is 0 Å². The van der Waals surface area contributed by atoms with E-state index in [0.29, 0.717) is 30.6 Å². The van der Waals surface area contributed by atoms with Crippen molar-refractivity contribution >= 4 is 11.8 Å². The van der Waals surface area contributed by atoms with Gasteiger partial charge in [0.25, 0.3) is 5.91 Å². The zero-order chi connectivity index (χ0) is 18.9. The summed E-state index contributed by atoms with van der Waals surface area (Å²) in [6, 6.07) is 7.22. The molecule has 0 radical (unpaired) electrons. The minimum atomic E-state index is -1.06. The molecule has 2 aliphatic heterocycles. The lowest BCUT2D eigenvalue weighted by molar-refractivity contribution is -0.130. The van der Waals surface area contributed by atoms with Crippen LogP contribution in [0.2, 0.25) is 0 Å². The van der Waals surface area contributed by atoms with Gasteiger partial charge in [0, 0.05) is 43.2 Å². The normalized spacial score (nSPS) is 19.5. The van der Waals surface area contributed by atoms with Crippen molar-refractivity contribution < 1.29 is 14.7 Å². The van der Waals surface area contributed by atoms with E-state index in [-0.39, 0.29) is 17.4 Å². The molecule has 1 spiro atoms. The minimum Gasteiger partial charge on any atom is -0.378 e. The Morgan fingerprint density at radius 3 is 2.50 bits per heavy atom. The molecule has 0 aromatic heterocycles. The Morgan fingerprint density at radius 1 is 1.23 bits per heavy atom. The van der Waals surface area contributed by atoms with E-state index in [9.17, 15) is 14.7 Å². The molecule has 138 valence electrons. The minimum absolute atomic E-state index is 0.00117. The molecule has 5 nitrogen and oxygen atoms in total. The average Bonchev–Trinajstić information content (AvgIpc) is 2.88. The number of piperidine rings is 1. The van der Waals surface area contributed by atoms with Crippen molar-refractivity contribution in [3.63, 3.8) is 0 Å². The third kappa shape index (κ3) is 3.76. The molecule has 1 N–H and O–H groups in total. The largest absolute Gasteiger partial charge is 0.378 e. The monoisotopic (exact) mass is 354 g/mol. The first-order valence-corrected chi connectivity index (χ1v) is 9.12. The van der Waals surface area contributed by atoms with Gasteiger partial charge in [-0.15, -0.1) is 0 Å². The predicted octanol–water partition coefficient (Wildman–Crippen LogP) is 2.04. The van der Waals surface area contributed by atoms with E-state index in [0.717, 1.165) is 19.3 Å². The molecule has 3 rings (SSSR count). The molecule has 5 heteroatoms. The van der Waals surface area contributed by atoms with Gasteiger partial charge in [0.05, 0.1) is 0 Å². The van der Waals surface area contributed by atoms with Crippen molar-refractivity contribution in [2.24, 2.45) is 0 Å². The van der Waals surface area contributed by atoms with Crippen LogP contribution in [0, 0.1) is 11.8 Å². The van der Waals surface area contributed by atoms with Crippen LogP contribution in [0.5, 0.6) is 0 Å². The number of rotatable bonds is 1. The van der Waals surface area contributed by atoms with Gasteiger partial charge in [0.2, 0.25) is 5.91 Å². The van der Waals surface area contributed by atoms with E-state index < -0.39 is 5.60 Å². The molecule has 0 atom stereocenters. The molecule has 0 saturated carbocycles. The fraction of sp³-hybridized carbons (Fsp3) is 0.524. The fourth-order valence-electron chi connectivity index (χ4n) is 3.79. The topological polar surface area (TPSA) is 60.9 Å². The van der Waals surface area contributed by atoms with Crippen molar-refractivity contribution in [3.8, 4) is 11.8 Å². The third-order valence-electron chi connectivity index (χ3n) is 5.49. The number of aliphatic hydroxyl groups is 1. The highest BCUT2D eigenvalue weighted by Crippen LogP contribution is 2.38. The number of hydrogen-bond acceptors (Lipinski definition) is 3. The summed E-state index contributed by atoms with van der Waals surface area (Å²) in [6.07, 6.45) is 3.18. The fourth-order valence-corrected chi connectivity index (χ4v) is 3.79. The molecule has 0 unspecified atom stereocenters. The van der Waals surface area contributed by atoms with Gasteiger partial charge in [0.15, 0.2) is 0 Å². The van der Waals surface area contributed by atoms with Gasteiger partial charge in [-0.1, -0.05) is 17.9 Å². The highest BCUT2D eigenvalue weighted by atomic mass is 16.3. The van der Waals surface area contributed by atoms with Crippen LogP contribution in [0.25, 0.3) is 0 Å². The van der Waals surface area contributed by atoms with Crippen molar-refractivity contribution in [3.05, 3.63) is 35.4 Å². The van der Waals surface area contributed by atoms with Gasteiger partial charge in [-0.05, 0) is 51.3 Å². The zero-order valence-corrected chi connectivity index (χ0v) is 15.7. The summed E-state index contributed by atoms with van der Waals surface area (Å²) in [7, 11) is 1.89. The molecule has 2 amide bonds. The number of amides is 2. The maximum absolute atomic E-state index is 12.9. The summed E-state index contributed by atoms with van der Waals surface area (Å²) in [6.45, 7) is 4.58. The number of nitrogens with zero attached hydrogens (tertiary/aromatic N) is 2. The van der Waals surface area contributed by atoms with Crippen LogP contribution in [0.4, 0.5) is 0 Å². The number of hydrogen-bond donors (Lipinski definition) is 1. The maximum Gasteiger partial charge on any atom is 0.253 e. The number of benzene rings is 1. The first-order valence-electron chi connectivity index (χ1n) is 9.12. The zero-order valence-electron chi connectivity index (χ0n) is 15.7. The van der Waals surface area contributed by atoms with Crippen LogP contribution < -0.4 is 0 Å². The second-order valence-corrected chi connectivity index (χ2v) is 7.86. The van der Waals surface area contributed by atoms with Crippen LogP contribution >= 0.6 is 0 Å². The van der Waals surface area contributed by atoms with Crippen molar-refractivity contribution in [2.75, 3.05) is 20.1 Å². The van der Waals surface area contributed by atoms with Gasteiger partial charge in [-0.25, -0.2) is 0 Å². The number of carbonyl (C=O) groups excluding carboxylic acids is 2. The lowest BCUT2D eigenvalue weighted by Gasteiger charge is -2.43. The van der Waals surface area contributed by atoms with Crippen LogP contribution in [-0.4, -0.2) is 58.0 Å². The summed E-state index contributed by atoms with van der Waals surface area (Å²) in [4.78, 5) is 28.5. The molecule has 2 saturated heterocycles. The summed E-state index contributed by atoms with van der Waals surface area (Å²) in [5.41, 5.74) is 0.201. The summed E-state index contributed by atoms with van der Waals surface area (Å²) < 4.78 is 0. The Kier molecular flexibility index (Phi) is 4.81. The molecule has 1 aromatic carbocycles. The molecule has 2 fully saturated rings.